The molecule has 1 fully saturated rings. The molecule has 3 nitrogen and oxygen atoms in total. The first-order chi connectivity index (χ1) is 8.09. The van der Waals surface area contributed by atoms with Crippen molar-refractivity contribution in [2.75, 3.05) is 26.3 Å². The van der Waals surface area contributed by atoms with E-state index in [1.54, 1.807) is 0 Å². The van der Waals surface area contributed by atoms with Gasteiger partial charge in [-0.1, -0.05) is 19.8 Å². The van der Waals surface area contributed by atoms with E-state index in [1.807, 2.05) is 13.8 Å². The molecular formula is C14H27NO2. The average Bonchev–Trinajstić information content (AvgIpc) is 2.58. The molecule has 3 heteroatoms. The van der Waals surface area contributed by atoms with E-state index in [9.17, 15) is 4.79 Å². The predicted octanol–water partition coefficient (Wildman–Crippen LogP) is 2.64. The van der Waals surface area contributed by atoms with Crippen molar-refractivity contribution >= 4 is 5.78 Å². The molecule has 17 heavy (non-hydrogen) atoms. The van der Waals surface area contributed by atoms with Gasteiger partial charge < -0.3 is 4.74 Å². The van der Waals surface area contributed by atoms with Gasteiger partial charge in [-0.25, -0.2) is 0 Å². The number of rotatable bonds is 6. The quantitative estimate of drug-likeness (QED) is 0.670. The van der Waals surface area contributed by atoms with Crippen LogP contribution < -0.4 is 0 Å². The third-order valence-electron chi connectivity index (χ3n) is 3.66. The van der Waals surface area contributed by atoms with E-state index >= 15 is 0 Å². The minimum Gasteiger partial charge on any atom is -0.374 e. The second-order valence-electron chi connectivity index (χ2n) is 5.44. The fraction of sp³-hybridized carbons (Fsp3) is 0.929. The van der Waals surface area contributed by atoms with Crippen molar-refractivity contribution in [1.82, 2.24) is 4.90 Å². The van der Waals surface area contributed by atoms with Gasteiger partial charge in [0.25, 0.3) is 0 Å². The highest BCUT2D eigenvalue weighted by Gasteiger charge is 2.34. The Morgan fingerprint density at radius 3 is 2.29 bits per heavy atom. The summed E-state index contributed by atoms with van der Waals surface area (Å²) in [6.07, 6.45) is 6.00. The predicted molar refractivity (Wildman–Crippen MR) is 70.2 cm³/mol. The molecule has 1 rings (SSSR count). The Morgan fingerprint density at radius 1 is 1.18 bits per heavy atom. The van der Waals surface area contributed by atoms with Crippen LogP contribution in [0.25, 0.3) is 0 Å². The lowest BCUT2D eigenvalue weighted by Gasteiger charge is -2.36. The number of likely N-dealkylation sites (tertiary alicyclic amines) is 1. The van der Waals surface area contributed by atoms with Crippen LogP contribution in [0.5, 0.6) is 0 Å². The van der Waals surface area contributed by atoms with Crippen LogP contribution in [0, 0.1) is 0 Å². The molecule has 0 amide bonds. The van der Waals surface area contributed by atoms with Gasteiger partial charge in [0.2, 0.25) is 0 Å². The third kappa shape index (κ3) is 4.40. The molecular weight excluding hydrogens is 214 g/mol. The Bertz CT molecular complexity index is 230. The standard InChI is InChI=1S/C14H27NO2/c1-4-11-17-12-13(16)14(2,3)15-9-7-5-6-8-10-15/h4-12H2,1-3H3. The zero-order valence-corrected chi connectivity index (χ0v) is 11.6. The molecule has 0 bridgehead atoms. The van der Waals surface area contributed by atoms with E-state index in [1.165, 1.54) is 25.7 Å². The number of hydrogen-bond donors (Lipinski definition) is 0. The van der Waals surface area contributed by atoms with E-state index in [-0.39, 0.29) is 17.9 Å². The van der Waals surface area contributed by atoms with E-state index in [4.69, 9.17) is 4.74 Å². The molecule has 1 aliphatic heterocycles. The van der Waals surface area contributed by atoms with Crippen molar-refractivity contribution in [1.29, 1.82) is 0 Å². The van der Waals surface area contributed by atoms with Crippen molar-refractivity contribution in [3.63, 3.8) is 0 Å². The number of Topliss-reactive ketones (excluding diaryl/α,β-unsaturated/α-hetero) is 1. The molecule has 0 unspecified atom stereocenters. The van der Waals surface area contributed by atoms with Gasteiger partial charge in [-0.15, -0.1) is 0 Å². The third-order valence-corrected chi connectivity index (χ3v) is 3.66. The maximum absolute atomic E-state index is 12.2. The molecule has 1 heterocycles. The second kappa shape index (κ2) is 7.12. The zero-order valence-electron chi connectivity index (χ0n) is 11.6. The number of hydrogen-bond acceptors (Lipinski definition) is 3. The summed E-state index contributed by atoms with van der Waals surface area (Å²) < 4.78 is 5.38. The van der Waals surface area contributed by atoms with E-state index in [2.05, 4.69) is 11.8 Å². The Hall–Kier alpha value is -0.410. The smallest absolute Gasteiger partial charge is 0.178 e. The van der Waals surface area contributed by atoms with E-state index in [0.29, 0.717) is 6.61 Å². The largest absolute Gasteiger partial charge is 0.374 e. The Balaban J connectivity index is 2.48. The molecule has 1 aliphatic rings. The zero-order chi connectivity index (χ0) is 12.7. The van der Waals surface area contributed by atoms with Gasteiger partial charge in [0.05, 0.1) is 5.54 Å². The van der Waals surface area contributed by atoms with Crippen molar-refractivity contribution in [2.24, 2.45) is 0 Å². The van der Waals surface area contributed by atoms with Gasteiger partial charge in [0.15, 0.2) is 5.78 Å². The Morgan fingerprint density at radius 2 is 1.76 bits per heavy atom. The van der Waals surface area contributed by atoms with Crippen molar-refractivity contribution in [3.05, 3.63) is 0 Å². The SMILES string of the molecule is CCCOCC(=O)C(C)(C)N1CCCCCC1. The van der Waals surface area contributed by atoms with Gasteiger partial charge in [-0.05, 0) is 46.2 Å². The minimum atomic E-state index is -0.363. The first-order valence-corrected chi connectivity index (χ1v) is 6.95. The van der Waals surface area contributed by atoms with Crippen LogP contribution in [0.4, 0.5) is 0 Å². The molecule has 0 aromatic carbocycles. The maximum Gasteiger partial charge on any atom is 0.178 e. The van der Waals surface area contributed by atoms with Crippen molar-refractivity contribution < 1.29 is 9.53 Å². The lowest BCUT2D eigenvalue weighted by molar-refractivity contribution is -0.134. The Kier molecular flexibility index (Phi) is 6.14. The number of ketones is 1. The summed E-state index contributed by atoms with van der Waals surface area (Å²) in [6, 6.07) is 0. The second-order valence-corrected chi connectivity index (χ2v) is 5.44. The van der Waals surface area contributed by atoms with Gasteiger partial charge >= 0.3 is 0 Å². The summed E-state index contributed by atoms with van der Waals surface area (Å²) in [6.45, 7) is 9.18. The molecule has 0 aromatic heterocycles. The minimum absolute atomic E-state index is 0.216. The van der Waals surface area contributed by atoms with Crippen LogP contribution in [0.2, 0.25) is 0 Å². The first-order valence-electron chi connectivity index (χ1n) is 6.95. The van der Waals surface area contributed by atoms with Crippen LogP contribution >= 0.6 is 0 Å². The summed E-state index contributed by atoms with van der Waals surface area (Å²) in [4.78, 5) is 14.5. The number of carbonyl (C=O) groups excluding carboxylic acids is 1. The van der Waals surface area contributed by atoms with Crippen LogP contribution in [-0.4, -0.2) is 42.5 Å². The summed E-state index contributed by atoms with van der Waals surface area (Å²) in [5.74, 6) is 0.216. The van der Waals surface area contributed by atoms with Crippen LogP contribution in [0.1, 0.15) is 52.9 Å². The number of ether oxygens (including phenoxy) is 1. The number of nitrogens with zero attached hydrogens (tertiary/aromatic N) is 1. The summed E-state index contributed by atoms with van der Waals surface area (Å²) >= 11 is 0. The molecule has 0 aromatic rings. The number of carbonyl (C=O) groups is 1. The van der Waals surface area contributed by atoms with Crippen molar-refractivity contribution in [2.45, 2.75) is 58.4 Å². The highest BCUT2D eigenvalue weighted by molar-refractivity contribution is 5.88. The van der Waals surface area contributed by atoms with Crippen LogP contribution in [0.3, 0.4) is 0 Å². The highest BCUT2D eigenvalue weighted by atomic mass is 16.5. The lowest BCUT2D eigenvalue weighted by atomic mass is 9.96. The average molecular weight is 241 g/mol. The van der Waals surface area contributed by atoms with Gasteiger partial charge in [-0.3, -0.25) is 9.69 Å². The van der Waals surface area contributed by atoms with Gasteiger partial charge in [0, 0.05) is 6.61 Å². The fourth-order valence-corrected chi connectivity index (χ4v) is 2.29. The monoisotopic (exact) mass is 241 g/mol. The molecule has 1 saturated heterocycles. The molecule has 0 atom stereocenters. The lowest BCUT2D eigenvalue weighted by Crippen LogP contribution is -2.51. The molecule has 0 aliphatic carbocycles. The highest BCUT2D eigenvalue weighted by Crippen LogP contribution is 2.21. The summed E-state index contributed by atoms with van der Waals surface area (Å²) in [5, 5.41) is 0. The molecule has 0 radical (unpaired) electrons. The molecule has 0 N–H and O–H groups in total. The van der Waals surface area contributed by atoms with Gasteiger partial charge in [0.1, 0.15) is 6.61 Å². The maximum atomic E-state index is 12.2. The summed E-state index contributed by atoms with van der Waals surface area (Å²) in [5.41, 5.74) is -0.363. The van der Waals surface area contributed by atoms with Crippen molar-refractivity contribution in [3.8, 4) is 0 Å². The normalized spacial score (nSPS) is 19.0. The van der Waals surface area contributed by atoms with Gasteiger partial charge in [-0.2, -0.15) is 0 Å². The topological polar surface area (TPSA) is 29.5 Å². The first kappa shape index (κ1) is 14.7. The fourth-order valence-electron chi connectivity index (χ4n) is 2.29. The van der Waals surface area contributed by atoms with E-state index in [0.717, 1.165) is 19.5 Å². The summed E-state index contributed by atoms with van der Waals surface area (Å²) in [7, 11) is 0. The van der Waals surface area contributed by atoms with Crippen LogP contribution in [-0.2, 0) is 9.53 Å². The molecule has 100 valence electrons. The van der Waals surface area contributed by atoms with Crippen LogP contribution in [0.15, 0.2) is 0 Å². The van der Waals surface area contributed by atoms with E-state index < -0.39 is 0 Å². The Labute approximate surface area is 106 Å². The molecule has 0 saturated carbocycles. The molecule has 0 spiro atoms.